The first-order chi connectivity index (χ1) is 18.4. The number of rotatable bonds is 6. The largest absolute Gasteiger partial charge is 0.323 e. The monoisotopic (exact) mass is 525 g/mol. The Bertz CT molecular complexity index is 1510. The zero-order chi connectivity index (χ0) is 26.6. The minimum Gasteiger partial charge on any atom is -0.323 e. The average molecular weight is 526 g/mol. The van der Waals surface area contributed by atoms with Crippen molar-refractivity contribution >= 4 is 40.8 Å². The quantitative estimate of drug-likeness (QED) is 0.373. The second kappa shape index (κ2) is 10.8. The standard InChI is InChI=1S/C29H24ClN5O3/c1-18-4-2-13-32-26(18)34-27(36)21-8-6-19(7-9-21)17-35-25(14-20-5-3-12-31-16-20)28(37)33-24-15-22(30)10-11-23(24)29(35)38/h2-13,15-16,25H,14,17H2,1H3,(H,33,37)(H,32,34,36)/t25-/m1/s1. The third-order valence-electron chi connectivity index (χ3n) is 6.37. The first-order valence-corrected chi connectivity index (χ1v) is 12.4. The Balaban J connectivity index is 1.42. The summed E-state index contributed by atoms with van der Waals surface area (Å²) in [5.41, 5.74) is 3.64. The Labute approximate surface area is 224 Å². The van der Waals surface area contributed by atoms with E-state index in [2.05, 4.69) is 20.6 Å². The molecule has 0 spiro atoms. The van der Waals surface area contributed by atoms with Gasteiger partial charge in [0, 0.05) is 42.1 Å². The van der Waals surface area contributed by atoms with Crippen LogP contribution in [-0.2, 0) is 17.8 Å². The summed E-state index contributed by atoms with van der Waals surface area (Å²) in [7, 11) is 0. The van der Waals surface area contributed by atoms with Crippen molar-refractivity contribution in [3.63, 3.8) is 0 Å². The van der Waals surface area contributed by atoms with E-state index < -0.39 is 6.04 Å². The average Bonchev–Trinajstić information content (AvgIpc) is 3.00. The third kappa shape index (κ3) is 5.40. The van der Waals surface area contributed by atoms with Gasteiger partial charge in [-0.2, -0.15) is 0 Å². The molecular formula is C29H24ClN5O3. The molecule has 2 aromatic carbocycles. The minimum atomic E-state index is -0.784. The number of nitrogens with one attached hydrogen (secondary N) is 2. The SMILES string of the molecule is Cc1cccnc1NC(=O)c1ccc(CN2C(=O)c3ccc(Cl)cc3NC(=O)[C@H]2Cc2cccnc2)cc1. The predicted molar refractivity (Wildman–Crippen MR) is 145 cm³/mol. The lowest BCUT2D eigenvalue weighted by Gasteiger charge is -2.29. The molecule has 5 rings (SSSR count). The molecule has 3 heterocycles. The van der Waals surface area contributed by atoms with Crippen molar-refractivity contribution in [2.24, 2.45) is 0 Å². The van der Waals surface area contributed by atoms with Crippen molar-refractivity contribution < 1.29 is 14.4 Å². The smallest absolute Gasteiger partial charge is 0.256 e. The van der Waals surface area contributed by atoms with Crippen molar-refractivity contribution in [3.05, 3.63) is 118 Å². The van der Waals surface area contributed by atoms with Crippen LogP contribution >= 0.6 is 11.6 Å². The van der Waals surface area contributed by atoms with E-state index in [1.165, 1.54) is 0 Å². The molecule has 0 bridgehead atoms. The summed E-state index contributed by atoms with van der Waals surface area (Å²) < 4.78 is 0. The first kappa shape index (κ1) is 25.1. The van der Waals surface area contributed by atoms with Gasteiger partial charge in [0.2, 0.25) is 5.91 Å². The molecule has 8 nitrogen and oxygen atoms in total. The van der Waals surface area contributed by atoms with Gasteiger partial charge < -0.3 is 15.5 Å². The molecule has 0 saturated carbocycles. The van der Waals surface area contributed by atoms with Gasteiger partial charge in [-0.05, 0) is 66.1 Å². The molecule has 1 aliphatic heterocycles. The number of amides is 3. The Morgan fingerprint density at radius 2 is 1.82 bits per heavy atom. The summed E-state index contributed by atoms with van der Waals surface area (Å²) in [6.45, 7) is 2.04. The second-order valence-electron chi connectivity index (χ2n) is 9.01. The molecule has 38 heavy (non-hydrogen) atoms. The number of fused-ring (bicyclic) bond motifs is 1. The first-order valence-electron chi connectivity index (χ1n) is 12.0. The Morgan fingerprint density at radius 1 is 1.03 bits per heavy atom. The van der Waals surface area contributed by atoms with Gasteiger partial charge in [0.15, 0.2) is 0 Å². The van der Waals surface area contributed by atoms with Crippen molar-refractivity contribution in [3.8, 4) is 0 Å². The lowest BCUT2D eigenvalue weighted by atomic mass is 10.0. The number of hydrogen-bond acceptors (Lipinski definition) is 5. The van der Waals surface area contributed by atoms with Crippen LogP contribution in [0.25, 0.3) is 0 Å². The fourth-order valence-corrected chi connectivity index (χ4v) is 4.51. The molecule has 2 N–H and O–H groups in total. The van der Waals surface area contributed by atoms with Crippen molar-refractivity contribution in [2.45, 2.75) is 25.9 Å². The van der Waals surface area contributed by atoms with Gasteiger partial charge in [-0.1, -0.05) is 35.9 Å². The van der Waals surface area contributed by atoms with Crippen LogP contribution < -0.4 is 10.6 Å². The number of hydrogen-bond donors (Lipinski definition) is 2. The van der Waals surface area contributed by atoms with Gasteiger partial charge in [0.25, 0.3) is 11.8 Å². The van der Waals surface area contributed by atoms with E-state index in [1.54, 1.807) is 78.1 Å². The van der Waals surface area contributed by atoms with Crippen LogP contribution in [0.4, 0.5) is 11.5 Å². The van der Waals surface area contributed by atoms with Crippen LogP contribution in [0.2, 0.25) is 5.02 Å². The van der Waals surface area contributed by atoms with Crippen LogP contribution in [0, 0.1) is 6.92 Å². The summed E-state index contributed by atoms with van der Waals surface area (Å²) >= 11 is 6.14. The molecule has 9 heteroatoms. The van der Waals surface area contributed by atoms with E-state index in [9.17, 15) is 14.4 Å². The number of anilines is 2. The van der Waals surface area contributed by atoms with E-state index >= 15 is 0 Å². The summed E-state index contributed by atoms with van der Waals surface area (Å²) in [4.78, 5) is 49.7. The summed E-state index contributed by atoms with van der Waals surface area (Å²) in [5, 5.41) is 6.10. The maximum absolute atomic E-state index is 13.7. The van der Waals surface area contributed by atoms with Crippen molar-refractivity contribution in [1.29, 1.82) is 0 Å². The number of aryl methyl sites for hydroxylation is 1. The Morgan fingerprint density at radius 3 is 2.55 bits per heavy atom. The molecule has 1 atom stereocenters. The molecule has 3 amide bonds. The molecule has 4 aromatic rings. The van der Waals surface area contributed by atoms with Crippen molar-refractivity contribution in [1.82, 2.24) is 14.9 Å². The van der Waals surface area contributed by atoms with Gasteiger partial charge in [-0.25, -0.2) is 4.98 Å². The topological polar surface area (TPSA) is 104 Å². The van der Waals surface area contributed by atoms with E-state index in [-0.39, 0.29) is 30.7 Å². The van der Waals surface area contributed by atoms with Crippen LogP contribution in [-0.4, -0.2) is 38.6 Å². The van der Waals surface area contributed by atoms with E-state index in [4.69, 9.17) is 11.6 Å². The fourth-order valence-electron chi connectivity index (χ4n) is 4.34. The molecular weight excluding hydrogens is 502 g/mol. The molecule has 190 valence electrons. The number of nitrogens with zero attached hydrogens (tertiary/aromatic N) is 3. The zero-order valence-corrected chi connectivity index (χ0v) is 21.3. The predicted octanol–water partition coefficient (Wildman–Crippen LogP) is 4.90. The number of carbonyl (C=O) groups is 3. The van der Waals surface area contributed by atoms with Crippen LogP contribution in [0.15, 0.2) is 85.3 Å². The van der Waals surface area contributed by atoms with Gasteiger partial charge in [-0.3, -0.25) is 19.4 Å². The van der Waals surface area contributed by atoms with Gasteiger partial charge >= 0.3 is 0 Å². The summed E-state index contributed by atoms with van der Waals surface area (Å²) in [5.74, 6) is -0.398. The maximum atomic E-state index is 13.7. The van der Waals surface area contributed by atoms with Gasteiger partial charge in [0.05, 0.1) is 11.3 Å². The molecule has 1 aliphatic rings. The fraction of sp³-hybridized carbons (Fsp3) is 0.138. The number of pyridine rings is 2. The highest BCUT2D eigenvalue weighted by Crippen LogP contribution is 2.29. The molecule has 0 aliphatic carbocycles. The lowest BCUT2D eigenvalue weighted by molar-refractivity contribution is -0.120. The van der Waals surface area contributed by atoms with Crippen LogP contribution in [0.3, 0.4) is 0 Å². The Kier molecular flexibility index (Phi) is 7.15. The van der Waals surface area contributed by atoms with Crippen LogP contribution in [0.5, 0.6) is 0 Å². The number of benzene rings is 2. The Hall–Kier alpha value is -4.56. The number of aromatic nitrogens is 2. The summed E-state index contributed by atoms with van der Waals surface area (Å²) in [6.07, 6.45) is 5.25. The molecule has 2 aromatic heterocycles. The highest BCUT2D eigenvalue weighted by molar-refractivity contribution is 6.31. The molecule has 0 saturated heterocycles. The minimum absolute atomic E-state index is 0.167. The number of halogens is 1. The van der Waals surface area contributed by atoms with Gasteiger partial charge in [0.1, 0.15) is 11.9 Å². The van der Waals surface area contributed by atoms with E-state index in [0.717, 1.165) is 16.7 Å². The van der Waals surface area contributed by atoms with Crippen molar-refractivity contribution in [2.75, 3.05) is 10.6 Å². The van der Waals surface area contributed by atoms with E-state index in [1.807, 2.05) is 19.1 Å². The third-order valence-corrected chi connectivity index (χ3v) is 6.61. The van der Waals surface area contributed by atoms with Crippen LogP contribution in [0.1, 0.15) is 37.4 Å². The summed E-state index contributed by atoms with van der Waals surface area (Å²) in [6, 6.07) is 18.3. The second-order valence-corrected chi connectivity index (χ2v) is 9.45. The highest BCUT2D eigenvalue weighted by Gasteiger charge is 2.35. The normalized spacial score (nSPS) is 14.9. The van der Waals surface area contributed by atoms with Gasteiger partial charge in [-0.15, -0.1) is 0 Å². The molecule has 0 unspecified atom stereocenters. The highest BCUT2D eigenvalue weighted by atomic mass is 35.5. The lowest BCUT2D eigenvalue weighted by Crippen LogP contribution is -2.46. The zero-order valence-electron chi connectivity index (χ0n) is 20.5. The number of carbonyl (C=O) groups excluding carboxylic acids is 3. The maximum Gasteiger partial charge on any atom is 0.256 e. The van der Waals surface area contributed by atoms with E-state index in [0.29, 0.717) is 27.7 Å². The molecule has 0 radical (unpaired) electrons. The molecule has 0 fully saturated rings.